The van der Waals surface area contributed by atoms with E-state index in [0.717, 1.165) is 25.1 Å². The Bertz CT molecular complexity index is 1800. The van der Waals surface area contributed by atoms with Gasteiger partial charge in [-0.25, -0.2) is 18.7 Å². The van der Waals surface area contributed by atoms with Crippen LogP contribution in [0.4, 0.5) is 30.2 Å². The molecule has 0 bridgehead atoms. The van der Waals surface area contributed by atoms with Crippen LogP contribution in [-0.4, -0.2) is 19.5 Å². The number of anilines is 3. The summed E-state index contributed by atoms with van der Waals surface area (Å²) in [6.45, 7) is 0. The topological polar surface area (TPSA) is 91.5 Å². The Morgan fingerprint density at radius 2 is 1.85 bits per heavy atom. The second-order valence-electron chi connectivity index (χ2n) is 9.08. The summed E-state index contributed by atoms with van der Waals surface area (Å²) in [5.41, 5.74) is 1.98. The molecule has 3 heterocycles. The number of pyridine rings is 2. The lowest BCUT2D eigenvalue weighted by Gasteiger charge is -2.20. The minimum atomic E-state index is -1.65. The number of aromatic nitrogens is 4. The van der Waals surface area contributed by atoms with Gasteiger partial charge in [0.15, 0.2) is 5.82 Å². The minimum Gasteiger partial charge on any atom is -0.373 e. The molecule has 1 unspecified atom stereocenters. The number of rotatable bonds is 7. The average molecular weight is 547 g/mol. The van der Waals surface area contributed by atoms with Gasteiger partial charge < -0.3 is 15.2 Å². The number of nitriles is 1. The predicted octanol–water partition coefficient (Wildman–Crippen LogP) is 7.05. The van der Waals surface area contributed by atoms with E-state index in [1.807, 2.05) is 10.6 Å². The number of imidazole rings is 1. The summed E-state index contributed by atoms with van der Waals surface area (Å²) in [5.74, 6) is -2.86. The fourth-order valence-corrected chi connectivity index (χ4v) is 4.54. The predicted molar refractivity (Wildman–Crippen MR) is 141 cm³/mol. The maximum atomic E-state index is 13.9. The number of benzene rings is 2. The largest absolute Gasteiger partial charge is 0.373 e. The van der Waals surface area contributed by atoms with E-state index in [1.165, 1.54) is 30.5 Å². The van der Waals surface area contributed by atoms with Crippen molar-refractivity contribution in [1.82, 2.24) is 19.5 Å². The highest BCUT2D eigenvalue weighted by Crippen LogP contribution is 2.38. The fourth-order valence-electron chi connectivity index (χ4n) is 4.27. The van der Waals surface area contributed by atoms with E-state index >= 15 is 0 Å². The van der Waals surface area contributed by atoms with Gasteiger partial charge in [0, 0.05) is 35.6 Å². The first kappa shape index (κ1) is 23.5. The van der Waals surface area contributed by atoms with Crippen LogP contribution in [-0.2, 0) is 0 Å². The SMILES string of the molecule is [2H]C(Nc1cc(Cl)c2ncc(C#N)c(Nc3cnc(F)c(F)c3)c2c1)(c1ccc(F)cc1)c1cn(C2CC2)cn1. The van der Waals surface area contributed by atoms with Crippen molar-refractivity contribution in [3.63, 3.8) is 0 Å². The van der Waals surface area contributed by atoms with Gasteiger partial charge in [0.2, 0.25) is 5.95 Å². The second-order valence-corrected chi connectivity index (χ2v) is 9.49. The van der Waals surface area contributed by atoms with Crippen LogP contribution in [0.3, 0.4) is 0 Å². The van der Waals surface area contributed by atoms with E-state index in [0.29, 0.717) is 33.9 Å². The maximum absolute atomic E-state index is 13.9. The number of hydrogen-bond donors (Lipinski definition) is 2. The van der Waals surface area contributed by atoms with Crippen molar-refractivity contribution in [2.75, 3.05) is 10.6 Å². The summed E-state index contributed by atoms with van der Waals surface area (Å²) < 4.78 is 52.5. The molecule has 1 saturated carbocycles. The normalized spacial score (nSPS) is 14.9. The molecule has 39 heavy (non-hydrogen) atoms. The number of hydrogen-bond acceptors (Lipinski definition) is 6. The molecule has 0 saturated heterocycles. The molecule has 7 nitrogen and oxygen atoms in total. The van der Waals surface area contributed by atoms with E-state index in [-0.39, 0.29) is 22.0 Å². The summed E-state index contributed by atoms with van der Waals surface area (Å²) in [7, 11) is 0. The highest BCUT2D eigenvalue weighted by molar-refractivity contribution is 6.36. The first-order valence-corrected chi connectivity index (χ1v) is 12.3. The zero-order valence-corrected chi connectivity index (χ0v) is 20.8. The molecule has 0 spiro atoms. The lowest BCUT2D eigenvalue weighted by atomic mass is 10.0. The summed E-state index contributed by atoms with van der Waals surface area (Å²) in [4.78, 5) is 12.2. The van der Waals surface area contributed by atoms with Crippen molar-refractivity contribution in [1.29, 1.82) is 5.26 Å². The molecule has 5 aromatic rings. The molecule has 194 valence electrons. The second kappa shape index (κ2) is 9.93. The first-order chi connectivity index (χ1) is 19.2. The first-order valence-electron chi connectivity index (χ1n) is 12.4. The number of nitrogens with one attached hydrogen (secondary N) is 2. The highest BCUT2D eigenvalue weighted by atomic mass is 35.5. The van der Waals surface area contributed by atoms with Crippen LogP contribution in [0.2, 0.25) is 5.02 Å². The van der Waals surface area contributed by atoms with Gasteiger partial charge in [-0.05, 0) is 42.7 Å². The van der Waals surface area contributed by atoms with E-state index < -0.39 is 23.6 Å². The molecule has 0 amide bonds. The Morgan fingerprint density at radius 3 is 2.56 bits per heavy atom. The zero-order valence-electron chi connectivity index (χ0n) is 21.1. The van der Waals surface area contributed by atoms with E-state index in [2.05, 4.69) is 25.6 Å². The molecule has 1 fully saturated rings. The summed E-state index contributed by atoms with van der Waals surface area (Å²) in [6, 6.07) is 10.4. The minimum absolute atomic E-state index is 0.101. The van der Waals surface area contributed by atoms with E-state index in [4.69, 9.17) is 11.6 Å². The summed E-state index contributed by atoms with van der Waals surface area (Å²) in [5, 5.41) is 16.4. The van der Waals surface area contributed by atoms with Gasteiger partial charge in [-0.15, -0.1) is 0 Å². The molecule has 2 aromatic carbocycles. The van der Waals surface area contributed by atoms with Gasteiger partial charge in [-0.2, -0.15) is 9.65 Å². The van der Waals surface area contributed by atoms with Gasteiger partial charge in [-0.1, -0.05) is 23.7 Å². The van der Waals surface area contributed by atoms with Gasteiger partial charge >= 0.3 is 0 Å². The third kappa shape index (κ3) is 4.96. The highest BCUT2D eigenvalue weighted by Gasteiger charge is 2.26. The molecule has 2 N–H and O–H groups in total. The van der Waals surface area contributed by atoms with Crippen molar-refractivity contribution in [3.8, 4) is 6.07 Å². The number of halogens is 4. The van der Waals surface area contributed by atoms with Crippen LogP contribution in [0.15, 0.2) is 67.4 Å². The molecule has 0 aliphatic heterocycles. The molecule has 6 rings (SSSR count). The van der Waals surface area contributed by atoms with Crippen molar-refractivity contribution in [2.45, 2.75) is 24.9 Å². The molecule has 3 aromatic heterocycles. The van der Waals surface area contributed by atoms with Crippen molar-refractivity contribution in [2.24, 2.45) is 0 Å². The zero-order chi connectivity index (χ0) is 28.0. The smallest absolute Gasteiger partial charge is 0.249 e. The Kier molecular flexibility index (Phi) is 5.98. The van der Waals surface area contributed by atoms with Crippen LogP contribution in [0.1, 0.15) is 43.1 Å². The maximum Gasteiger partial charge on any atom is 0.249 e. The van der Waals surface area contributed by atoms with E-state index in [1.54, 1.807) is 24.7 Å². The Balaban J connectivity index is 1.47. The van der Waals surface area contributed by atoms with Gasteiger partial charge in [0.05, 0.1) is 53.1 Å². The lowest BCUT2D eigenvalue weighted by molar-refractivity contribution is 0.480. The Morgan fingerprint density at radius 1 is 1.05 bits per heavy atom. The third-order valence-corrected chi connectivity index (χ3v) is 6.63. The van der Waals surface area contributed by atoms with Crippen LogP contribution in [0.25, 0.3) is 10.9 Å². The standard InChI is InChI=1S/C28H19ClF3N7/c29-22-8-18(37-26(15-1-3-17(30)4-2-15)24-13-39(14-36-24)20-5-6-20)7-21-25(16(10-33)11-34-27(21)22)38-19-9-23(31)28(32)35-12-19/h1-4,7-9,11-14,20,26,37H,5-6H2,(H,34,38)/i26D. The lowest BCUT2D eigenvalue weighted by Crippen LogP contribution is -2.13. The van der Waals surface area contributed by atoms with Gasteiger partial charge in [0.25, 0.3) is 0 Å². The monoisotopic (exact) mass is 546 g/mol. The quantitative estimate of drug-likeness (QED) is 0.213. The molecule has 1 aliphatic carbocycles. The Hall–Kier alpha value is -4.62. The molecular weight excluding hydrogens is 527 g/mol. The van der Waals surface area contributed by atoms with Crippen LogP contribution in [0, 0.1) is 28.9 Å². The van der Waals surface area contributed by atoms with Crippen molar-refractivity contribution >= 4 is 39.6 Å². The van der Waals surface area contributed by atoms with Crippen LogP contribution < -0.4 is 10.6 Å². The van der Waals surface area contributed by atoms with E-state index in [9.17, 15) is 19.8 Å². The molecular formula is C28H19ClF3N7. The van der Waals surface area contributed by atoms with Gasteiger partial charge in [0.1, 0.15) is 11.9 Å². The fraction of sp³-hybridized carbons (Fsp3) is 0.143. The molecule has 0 radical (unpaired) electrons. The van der Waals surface area contributed by atoms with Gasteiger partial charge in [-0.3, -0.25) is 4.98 Å². The average Bonchev–Trinajstić information content (AvgIpc) is 3.67. The Labute approximate surface area is 227 Å². The number of nitrogens with zero attached hydrogens (tertiary/aromatic N) is 5. The molecule has 1 aliphatic rings. The third-order valence-electron chi connectivity index (χ3n) is 6.34. The number of fused-ring (bicyclic) bond motifs is 1. The summed E-state index contributed by atoms with van der Waals surface area (Å²) >= 11 is 6.61. The van der Waals surface area contributed by atoms with Crippen molar-refractivity contribution in [3.05, 3.63) is 107 Å². The van der Waals surface area contributed by atoms with Crippen LogP contribution >= 0.6 is 11.6 Å². The molecule has 11 heteroatoms. The van der Waals surface area contributed by atoms with Crippen LogP contribution in [0.5, 0.6) is 0 Å². The van der Waals surface area contributed by atoms with Crippen molar-refractivity contribution < 1.29 is 14.5 Å². The summed E-state index contributed by atoms with van der Waals surface area (Å²) in [6.07, 6.45) is 7.94. The molecule has 1 atom stereocenters.